The molecular weight excluding hydrogens is 575 g/mol. The monoisotopic (exact) mass is 608 g/mol. The van der Waals surface area contributed by atoms with Crippen molar-refractivity contribution in [2.75, 3.05) is 19.6 Å². The minimum Gasteiger partial charge on any atom is -0.491 e. The number of benzene rings is 3. The molecule has 10 heteroatoms. The Labute approximate surface area is 256 Å². The van der Waals surface area contributed by atoms with E-state index in [1.165, 1.54) is 0 Å². The normalized spacial score (nSPS) is 18.8. The number of piperazine rings is 1. The highest BCUT2D eigenvalue weighted by Crippen LogP contribution is 2.46. The number of hydrogen-bond acceptors (Lipinski definition) is 5. The molecule has 3 aromatic carbocycles. The maximum atomic E-state index is 14.4. The molecule has 8 nitrogen and oxygen atoms in total. The maximum Gasteiger partial charge on any atom is 0.326 e. The van der Waals surface area contributed by atoms with Gasteiger partial charge in [0, 0.05) is 29.2 Å². The molecule has 2 unspecified atom stereocenters. The van der Waals surface area contributed by atoms with Crippen LogP contribution in [0.1, 0.15) is 56.5 Å². The number of amides is 3. The fourth-order valence-electron chi connectivity index (χ4n) is 5.19. The summed E-state index contributed by atoms with van der Waals surface area (Å²) in [6.07, 6.45) is -0.174. The Bertz CT molecular complexity index is 1470. The number of rotatable bonds is 7. The Morgan fingerprint density at radius 1 is 0.905 bits per heavy atom. The van der Waals surface area contributed by atoms with Gasteiger partial charge in [-0.05, 0) is 75.2 Å². The largest absolute Gasteiger partial charge is 0.491 e. The topological polar surface area (TPSA) is 83.5 Å². The molecule has 220 valence electrons. The van der Waals surface area contributed by atoms with Crippen LogP contribution in [0.4, 0.5) is 4.79 Å². The zero-order valence-corrected chi connectivity index (χ0v) is 25.5. The number of carbonyl (C=O) groups is 2. The quantitative estimate of drug-likeness (QED) is 0.325. The lowest BCUT2D eigenvalue weighted by atomic mass is 9.93. The van der Waals surface area contributed by atoms with Gasteiger partial charge in [-0.25, -0.2) is 4.79 Å². The number of amidine groups is 1. The van der Waals surface area contributed by atoms with Crippen LogP contribution in [0.5, 0.6) is 11.5 Å². The number of urea groups is 1. The van der Waals surface area contributed by atoms with Gasteiger partial charge in [-0.3, -0.25) is 14.7 Å². The van der Waals surface area contributed by atoms with Gasteiger partial charge < -0.3 is 19.7 Å². The number of ether oxygens (including phenoxy) is 2. The van der Waals surface area contributed by atoms with Crippen LogP contribution < -0.4 is 14.8 Å². The van der Waals surface area contributed by atoms with Gasteiger partial charge in [-0.1, -0.05) is 47.5 Å². The van der Waals surface area contributed by atoms with Gasteiger partial charge in [0.15, 0.2) is 0 Å². The van der Waals surface area contributed by atoms with E-state index in [0.717, 1.165) is 11.1 Å². The van der Waals surface area contributed by atoms with Gasteiger partial charge in [-0.15, -0.1) is 0 Å². The summed E-state index contributed by atoms with van der Waals surface area (Å²) in [5, 5.41) is 3.98. The Morgan fingerprint density at radius 3 is 2.12 bits per heavy atom. The molecule has 0 saturated carbocycles. The summed E-state index contributed by atoms with van der Waals surface area (Å²) >= 11 is 12.5. The fraction of sp³-hybridized carbons (Fsp3) is 0.344. The van der Waals surface area contributed by atoms with E-state index >= 15 is 0 Å². The number of carbonyl (C=O) groups excluding carboxylic acids is 2. The zero-order chi connectivity index (χ0) is 30.0. The molecule has 1 fully saturated rings. The van der Waals surface area contributed by atoms with Crippen LogP contribution in [0.15, 0.2) is 71.7 Å². The van der Waals surface area contributed by atoms with Crippen molar-refractivity contribution in [1.29, 1.82) is 0 Å². The highest BCUT2D eigenvalue weighted by molar-refractivity contribution is 6.30. The van der Waals surface area contributed by atoms with Gasteiger partial charge in [0.25, 0.3) is 0 Å². The Balaban J connectivity index is 1.70. The lowest BCUT2D eigenvalue weighted by molar-refractivity contribution is -0.123. The van der Waals surface area contributed by atoms with Gasteiger partial charge >= 0.3 is 6.03 Å². The van der Waals surface area contributed by atoms with Crippen LogP contribution in [0.25, 0.3) is 0 Å². The summed E-state index contributed by atoms with van der Waals surface area (Å²) in [5.41, 5.74) is 2.37. The molecular formula is C32H34Cl2N4O4. The van der Waals surface area contributed by atoms with Crippen LogP contribution in [0, 0.1) is 0 Å². The van der Waals surface area contributed by atoms with Crippen molar-refractivity contribution < 1.29 is 19.1 Å². The van der Waals surface area contributed by atoms with Gasteiger partial charge in [0.2, 0.25) is 5.91 Å². The molecule has 3 aromatic rings. The highest BCUT2D eigenvalue weighted by Gasteiger charge is 2.45. The average molecular weight is 610 g/mol. The second-order valence-corrected chi connectivity index (χ2v) is 11.7. The van der Waals surface area contributed by atoms with Crippen molar-refractivity contribution in [3.05, 3.63) is 93.5 Å². The molecule has 0 aliphatic carbocycles. The first-order valence-electron chi connectivity index (χ1n) is 14.0. The summed E-state index contributed by atoms with van der Waals surface area (Å²) in [4.78, 5) is 35.2. The van der Waals surface area contributed by atoms with E-state index in [-0.39, 0.29) is 30.7 Å². The smallest absolute Gasteiger partial charge is 0.326 e. The third kappa shape index (κ3) is 6.50. The molecule has 0 spiro atoms. The molecule has 2 aliphatic rings. The summed E-state index contributed by atoms with van der Waals surface area (Å²) in [6.45, 7) is 8.51. The van der Waals surface area contributed by atoms with E-state index in [1.807, 2.05) is 82.3 Å². The standard InChI is InChI=1S/C32H34Cl2N4O4/c1-19(2)41-25-13-14-26(27(17-25)42-20(3)4)31-36-29(21-5-9-23(33)10-6-21)30(22-7-11-24(34)12-8-22)38(31)32(40)37-16-15-35-28(39)18-37/h5-14,17,19-20,29-30H,15-16,18H2,1-4H3,(H,35,39). The summed E-state index contributed by atoms with van der Waals surface area (Å²) in [7, 11) is 0. The van der Waals surface area contributed by atoms with E-state index in [9.17, 15) is 9.59 Å². The van der Waals surface area contributed by atoms with Gasteiger partial charge in [0.1, 0.15) is 29.9 Å². The molecule has 2 aliphatic heterocycles. The summed E-state index contributed by atoms with van der Waals surface area (Å²) in [6, 6.07) is 19.1. The van der Waals surface area contributed by atoms with Crippen LogP contribution in [-0.4, -0.2) is 59.4 Å². The fourth-order valence-corrected chi connectivity index (χ4v) is 5.44. The Hall–Kier alpha value is -3.75. The second kappa shape index (κ2) is 12.6. The van der Waals surface area contributed by atoms with Crippen molar-refractivity contribution in [1.82, 2.24) is 15.1 Å². The van der Waals surface area contributed by atoms with Crippen LogP contribution in [-0.2, 0) is 4.79 Å². The average Bonchev–Trinajstić information content (AvgIpc) is 3.33. The Kier molecular flexibility index (Phi) is 8.94. The second-order valence-electron chi connectivity index (χ2n) is 10.9. The molecule has 3 amide bonds. The predicted octanol–water partition coefficient (Wildman–Crippen LogP) is 6.66. The summed E-state index contributed by atoms with van der Waals surface area (Å²) < 4.78 is 12.2. The van der Waals surface area contributed by atoms with E-state index < -0.39 is 12.1 Å². The number of nitrogens with zero attached hydrogens (tertiary/aromatic N) is 3. The third-order valence-electron chi connectivity index (χ3n) is 6.93. The number of aliphatic imine (C=N–C) groups is 1. The lowest BCUT2D eigenvalue weighted by Crippen LogP contribution is -2.55. The van der Waals surface area contributed by atoms with E-state index in [2.05, 4.69) is 5.32 Å². The molecule has 0 bridgehead atoms. The van der Waals surface area contributed by atoms with Crippen LogP contribution in [0.2, 0.25) is 10.0 Å². The first-order chi connectivity index (χ1) is 20.1. The molecule has 1 saturated heterocycles. The first kappa shape index (κ1) is 29.7. The minimum absolute atomic E-state index is 0.0292. The SMILES string of the molecule is CC(C)Oc1ccc(C2=NC(c3ccc(Cl)cc3)C(c3ccc(Cl)cc3)N2C(=O)N2CCNC(=O)C2)c(OC(C)C)c1. The number of nitrogens with one attached hydrogen (secondary N) is 1. The zero-order valence-electron chi connectivity index (χ0n) is 24.0. The van der Waals surface area contributed by atoms with Crippen molar-refractivity contribution in [3.63, 3.8) is 0 Å². The van der Waals surface area contributed by atoms with Crippen molar-refractivity contribution in [2.45, 2.75) is 52.0 Å². The molecule has 0 aromatic heterocycles. The number of hydrogen-bond donors (Lipinski definition) is 1. The van der Waals surface area contributed by atoms with E-state index in [1.54, 1.807) is 21.9 Å². The molecule has 0 radical (unpaired) electrons. The molecule has 2 heterocycles. The van der Waals surface area contributed by atoms with E-state index in [4.69, 9.17) is 37.7 Å². The Morgan fingerprint density at radius 2 is 1.52 bits per heavy atom. The van der Waals surface area contributed by atoms with Crippen LogP contribution >= 0.6 is 23.2 Å². The van der Waals surface area contributed by atoms with Crippen molar-refractivity contribution in [3.8, 4) is 11.5 Å². The third-order valence-corrected chi connectivity index (χ3v) is 7.44. The van der Waals surface area contributed by atoms with Gasteiger partial charge in [0.05, 0.1) is 23.8 Å². The highest BCUT2D eigenvalue weighted by atomic mass is 35.5. The van der Waals surface area contributed by atoms with Crippen LogP contribution in [0.3, 0.4) is 0 Å². The molecule has 1 N–H and O–H groups in total. The maximum absolute atomic E-state index is 14.4. The predicted molar refractivity (Wildman–Crippen MR) is 165 cm³/mol. The number of halogens is 2. The minimum atomic E-state index is -0.533. The molecule has 2 atom stereocenters. The van der Waals surface area contributed by atoms with Gasteiger partial charge in [-0.2, -0.15) is 0 Å². The molecule has 42 heavy (non-hydrogen) atoms. The summed E-state index contributed by atoms with van der Waals surface area (Å²) in [5.74, 6) is 1.43. The van der Waals surface area contributed by atoms with Crippen molar-refractivity contribution in [2.24, 2.45) is 4.99 Å². The molecule has 5 rings (SSSR count). The van der Waals surface area contributed by atoms with Crippen molar-refractivity contribution >= 4 is 41.0 Å². The first-order valence-corrected chi connectivity index (χ1v) is 14.8. The lowest BCUT2D eigenvalue weighted by Gasteiger charge is -2.36. The van der Waals surface area contributed by atoms with E-state index in [0.29, 0.717) is 46.0 Å².